The highest BCUT2D eigenvalue weighted by atomic mass is 28.4. The summed E-state index contributed by atoms with van der Waals surface area (Å²) in [5, 5.41) is 11.6. The van der Waals surface area contributed by atoms with E-state index in [1.807, 2.05) is 6.92 Å². The molecule has 6 heteroatoms. The van der Waals surface area contributed by atoms with E-state index < -0.39 is 22.2 Å². The summed E-state index contributed by atoms with van der Waals surface area (Å²) < 4.78 is 19.5. The number of hydrogen-bond donors (Lipinski definition) is 1. The molecule has 0 bridgehead atoms. The number of aliphatic hydroxyl groups is 1. The van der Waals surface area contributed by atoms with Gasteiger partial charge in [0.05, 0.1) is 18.3 Å². The first-order valence-electron chi connectivity index (χ1n) is 18.2. The highest BCUT2D eigenvalue weighted by Gasteiger charge is 2.38. The second kappa shape index (κ2) is 18.9. The van der Waals surface area contributed by atoms with Crippen LogP contribution in [0.15, 0.2) is 30.3 Å². The van der Waals surface area contributed by atoms with Crippen LogP contribution in [0.2, 0.25) is 36.3 Å². The zero-order valence-corrected chi connectivity index (χ0v) is 34.4. The van der Waals surface area contributed by atoms with Crippen LogP contribution >= 0.6 is 0 Å². The monoisotopic (exact) mass is 665 g/mol. The standard InChI is InChI=1S/C39H76O4Si2/c1-32(20-18-27-39(10,40)28-19-21-33(2)30-43-45(13,14)38(7,8)9)24-25-36(41-31-35-22-16-15-17-23-35)34(3)26-29-42-44(11,12)37(4,5)6/h15-17,22-23,32-34,36,40H,18-21,24-31H2,1-14H3/t32-,33-,34-,36?,39-/m1/s1. The Kier molecular flexibility index (Phi) is 17.8. The molecule has 4 nitrogen and oxygen atoms in total. The van der Waals surface area contributed by atoms with Crippen molar-refractivity contribution in [2.75, 3.05) is 13.2 Å². The Morgan fingerprint density at radius 1 is 0.667 bits per heavy atom. The van der Waals surface area contributed by atoms with Crippen LogP contribution in [-0.4, -0.2) is 46.7 Å². The fraction of sp³-hybridized carbons (Fsp3) is 0.846. The van der Waals surface area contributed by atoms with Crippen LogP contribution in [0.3, 0.4) is 0 Å². The molecule has 0 aromatic heterocycles. The van der Waals surface area contributed by atoms with Crippen LogP contribution in [0.5, 0.6) is 0 Å². The predicted octanol–water partition coefficient (Wildman–Crippen LogP) is 11.8. The minimum atomic E-state index is -1.74. The quantitative estimate of drug-likeness (QED) is 0.125. The summed E-state index contributed by atoms with van der Waals surface area (Å²) in [7, 11) is -3.44. The molecule has 1 aromatic rings. The van der Waals surface area contributed by atoms with Crippen LogP contribution in [0.4, 0.5) is 0 Å². The van der Waals surface area contributed by atoms with E-state index in [2.05, 4.69) is 119 Å². The number of benzene rings is 1. The van der Waals surface area contributed by atoms with E-state index in [0.717, 1.165) is 71.0 Å². The van der Waals surface area contributed by atoms with Crippen LogP contribution in [0.25, 0.3) is 0 Å². The molecular weight excluding hydrogens is 589 g/mol. The first-order valence-corrected chi connectivity index (χ1v) is 24.0. The minimum absolute atomic E-state index is 0.224. The van der Waals surface area contributed by atoms with Gasteiger partial charge in [0, 0.05) is 13.2 Å². The van der Waals surface area contributed by atoms with Crippen molar-refractivity contribution in [1.82, 2.24) is 0 Å². The molecule has 0 radical (unpaired) electrons. The third-order valence-corrected chi connectivity index (χ3v) is 20.1. The molecule has 0 amide bonds. The van der Waals surface area contributed by atoms with E-state index in [-0.39, 0.29) is 16.2 Å². The molecule has 264 valence electrons. The summed E-state index contributed by atoms with van der Waals surface area (Å²) in [6.07, 6.45) is 9.63. The molecule has 0 heterocycles. The summed E-state index contributed by atoms with van der Waals surface area (Å²) in [5.74, 6) is 1.60. The van der Waals surface area contributed by atoms with Gasteiger partial charge in [-0.25, -0.2) is 0 Å². The van der Waals surface area contributed by atoms with Crippen molar-refractivity contribution < 1.29 is 18.7 Å². The van der Waals surface area contributed by atoms with Crippen LogP contribution < -0.4 is 0 Å². The lowest BCUT2D eigenvalue weighted by Crippen LogP contribution is -2.41. The molecule has 1 aromatic carbocycles. The first kappa shape index (κ1) is 42.5. The lowest BCUT2D eigenvalue weighted by Gasteiger charge is -2.37. The Morgan fingerprint density at radius 2 is 1.18 bits per heavy atom. The molecule has 0 aliphatic heterocycles. The van der Waals surface area contributed by atoms with Gasteiger partial charge < -0.3 is 18.7 Å². The predicted molar refractivity (Wildman–Crippen MR) is 201 cm³/mol. The second-order valence-corrected chi connectivity index (χ2v) is 27.5. The Labute approximate surface area is 283 Å². The summed E-state index contributed by atoms with van der Waals surface area (Å²) in [6.45, 7) is 34.5. The van der Waals surface area contributed by atoms with Gasteiger partial charge in [-0.3, -0.25) is 0 Å². The summed E-state index contributed by atoms with van der Waals surface area (Å²) in [6, 6.07) is 10.5. The van der Waals surface area contributed by atoms with Crippen molar-refractivity contribution in [3.05, 3.63) is 35.9 Å². The van der Waals surface area contributed by atoms with Gasteiger partial charge in [-0.2, -0.15) is 0 Å². The van der Waals surface area contributed by atoms with E-state index >= 15 is 0 Å². The average molecular weight is 665 g/mol. The van der Waals surface area contributed by atoms with Crippen molar-refractivity contribution in [2.45, 2.75) is 182 Å². The molecule has 0 fully saturated rings. The summed E-state index contributed by atoms with van der Waals surface area (Å²) in [4.78, 5) is 0. The minimum Gasteiger partial charge on any atom is -0.417 e. The Balaban J connectivity index is 2.51. The third kappa shape index (κ3) is 16.9. The highest BCUT2D eigenvalue weighted by molar-refractivity contribution is 6.74. The average Bonchev–Trinajstić information content (AvgIpc) is 2.91. The van der Waals surface area contributed by atoms with Crippen LogP contribution in [0.1, 0.15) is 133 Å². The molecule has 1 rings (SSSR count). The maximum atomic E-state index is 11.1. The first-order chi connectivity index (χ1) is 20.6. The lowest BCUT2D eigenvalue weighted by molar-refractivity contribution is -0.00915. The Bertz CT molecular complexity index is 917. The number of hydrogen-bond acceptors (Lipinski definition) is 4. The topological polar surface area (TPSA) is 47.9 Å². The second-order valence-electron chi connectivity index (χ2n) is 17.9. The Morgan fingerprint density at radius 3 is 1.71 bits per heavy atom. The fourth-order valence-corrected chi connectivity index (χ4v) is 7.44. The third-order valence-electron chi connectivity index (χ3n) is 11.1. The molecule has 0 aliphatic rings. The van der Waals surface area contributed by atoms with Gasteiger partial charge in [-0.05, 0) is 105 Å². The lowest BCUT2D eigenvalue weighted by atomic mass is 9.87. The molecule has 0 saturated carbocycles. The zero-order valence-electron chi connectivity index (χ0n) is 32.4. The van der Waals surface area contributed by atoms with E-state index in [1.54, 1.807) is 0 Å². The van der Waals surface area contributed by atoms with Gasteiger partial charge in [0.15, 0.2) is 16.6 Å². The smallest absolute Gasteiger partial charge is 0.191 e. The van der Waals surface area contributed by atoms with Gasteiger partial charge in [-0.1, -0.05) is 112 Å². The SMILES string of the molecule is C[C@H](CCC[C@@](C)(O)CCC[C@@H](C)CO[Si](C)(C)C(C)(C)C)CCC(OCc1ccccc1)[C@H](C)CCO[Si](C)(C)C(C)(C)C. The molecule has 45 heavy (non-hydrogen) atoms. The van der Waals surface area contributed by atoms with Gasteiger partial charge in [0.25, 0.3) is 0 Å². The van der Waals surface area contributed by atoms with Crippen LogP contribution in [0, 0.1) is 17.8 Å². The van der Waals surface area contributed by atoms with E-state index in [0.29, 0.717) is 24.4 Å². The van der Waals surface area contributed by atoms with Crippen molar-refractivity contribution in [3.8, 4) is 0 Å². The maximum Gasteiger partial charge on any atom is 0.191 e. The number of rotatable bonds is 22. The Hall–Kier alpha value is -0.506. The zero-order chi connectivity index (χ0) is 34.5. The molecule has 0 spiro atoms. The molecule has 1 unspecified atom stereocenters. The highest BCUT2D eigenvalue weighted by Crippen LogP contribution is 2.38. The normalized spacial score (nSPS) is 17.5. The fourth-order valence-electron chi connectivity index (χ4n) is 5.24. The van der Waals surface area contributed by atoms with E-state index in [4.69, 9.17) is 13.6 Å². The largest absolute Gasteiger partial charge is 0.417 e. The van der Waals surface area contributed by atoms with Crippen molar-refractivity contribution >= 4 is 16.6 Å². The molecule has 0 aliphatic carbocycles. The van der Waals surface area contributed by atoms with Gasteiger partial charge in [0.2, 0.25) is 0 Å². The maximum absolute atomic E-state index is 11.1. The van der Waals surface area contributed by atoms with Gasteiger partial charge in [0.1, 0.15) is 0 Å². The van der Waals surface area contributed by atoms with Gasteiger partial charge in [-0.15, -0.1) is 0 Å². The molecule has 1 N–H and O–H groups in total. The van der Waals surface area contributed by atoms with E-state index in [9.17, 15) is 5.11 Å². The van der Waals surface area contributed by atoms with Crippen molar-refractivity contribution in [2.24, 2.45) is 17.8 Å². The van der Waals surface area contributed by atoms with Crippen molar-refractivity contribution in [1.29, 1.82) is 0 Å². The van der Waals surface area contributed by atoms with Gasteiger partial charge >= 0.3 is 0 Å². The summed E-state index contributed by atoms with van der Waals surface area (Å²) in [5.41, 5.74) is 0.653. The van der Waals surface area contributed by atoms with E-state index in [1.165, 1.54) is 5.56 Å². The van der Waals surface area contributed by atoms with Crippen LogP contribution in [-0.2, 0) is 20.2 Å². The molecule has 5 atom stereocenters. The molecule has 0 saturated heterocycles. The number of ether oxygens (including phenoxy) is 1. The summed E-state index contributed by atoms with van der Waals surface area (Å²) >= 11 is 0. The van der Waals surface area contributed by atoms with Crippen molar-refractivity contribution in [3.63, 3.8) is 0 Å². The molecular formula is C39H76O4Si2.